The van der Waals surface area contributed by atoms with E-state index >= 15 is 4.39 Å². The molecule has 1 atom stereocenters. The van der Waals surface area contributed by atoms with Crippen molar-refractivity contribution in [2.75, 3.05) is 19.8 Å². The van der Waals surface area contributed by atoms with Gasteiger partial charge in [-0.05, 0) is 59.4 Å². The van der Waals surface area contributed by atoms with Crippen LogP contribution in [0.3, 0.4) is 0 Å². The number of rotatable bonds is 8. The van der Waals surface area contributed by atoms with E-state index in [0.29, 0.717) is 31.1 Å². The Kier molecular flexibility index (Phi) is 7.48. The van der Waals surface area contributed by atoms with Crippen molar-refractivity contribution in [3.8, 4) is 22.6 Å². The maximum Gasteiger partial charge on any atom is 0.323 e. The van der Waals surface area contributed by atoms with Gasteiger partial charge < -0.3 is 19.7 Å². The van der Waals surface area contributed by atoms with Crippen LogP contribution in [0, 0.1) is 19.7 Å². The Morgan fingerprint density at radius 2 is 1.83 bits per heavy atom. The van der Waals surface area contributed by atoms with Crippen LogP contribution in [0.25, 0.3) is 23.3 Å². The van der Waals surface area contributed by atoms with Crippen molar-refractivity contribution in [2.24, 2.45) is 0 Å². The molecule has 0 saturated carbocycles. The first-order valence-corrected chi connectivity index (χ1v) is 11.4. The van der Waals surface area contributed by atoms with Gasteiger partial charge in [-0.2, -0.15) is 0 Å². The fraction of sp³-hybridized carbons (Fsp3) is 0.250. The molecular weight excluding hydrogens is 449 g/mol. The number of aliphatic hydroxyl groups excluding tert-OH is 1. The van der Waals surface area contributed by atoms with Crippen molar-refractivity contribution in [3.05, 3.63) is 82.2 Å². The highest BCUT2D eigenvalue weighted by atomic mass is 19.1. The van der Waals surface area contributed by atoms with Crippen molar-refractivity contribution in [3.63, 3.8) is 0 Å². The zero-order valence-electron chi connectivity index (χ0n) is 19.7. The molecule has 0 aromatic heterocycles. The molecule has 0 fully saturated rings. The summed E-state index contributed by atoms with van der Waals surface area (Å²) in [6, 6.07) is 14.1. The summed E-state index contributed by atoms with van der Waals surface area (Å²) in [4.78, 5) is 11.1. The summed E-state index contributed by atoms with van der Waals surface area (Å²) in [7, 11) is 0. The molecule has 3 N–H and O–H groups in total. The number of halogens is 1. The molecule has 35 heavy (non-hydrogen) atoms. The quantitative estimate of drug-likeness (QED) is 0.412. The van der Waals surface area contributed by atoms with E-state index in [4.69, 9.17) is 14.6 Å². The van der Waals surface area contributed by atoms with E-state index in [1.165, 1.54) is 0 Å². The highest BCUT2D eigenvalue weighted by Crippen LogP contribution is 2.39. The monoisotopic (exact) mass is 477 g/mol. The molecule has 1 aliphatic rings. The van der Waals surface area contributed by atoms with Crippen molar-refractivity contribution in [2.45, 2.75) is 26.4 Å². The number of benzene rings is 3. The Morgan fingerprint density at radius 1 is 1.06 bits per heavy atom. The smallest absolute Gasteiger partial charge is 0.323 e. The van der Waals surface area contributed by atoms with Gasteiger partial charge in [-0.1, -0.05) is 48.6 Å². The van der Waals surface area contributed by atoms with Crippen LogP contribution in [0.15, 0.2) is 48.5 Å². The molecule has 1 aliphatic heterocycles. The van der Waals surface area contributed by atoms with Crippen LogP contribution < -0.4 is 14.8 Å². The van der Waals surface area contributed by atoms with Crippen molar-refractivity contribution >= 4 is 18.1 Å². The minimum atomic E-state index is -1.09. The molecule has 182 valence electrons. The highest BCUT2D eigenvalue weighted by Gasteiger charge is 2.21. The minimum Gasteiger partial charge on any atom is -0.486 e. The van der Waals surface area contributed by atoms with Crippen LogP contribution in [0.1, 0.15) is 27.8 Å². The largest absolute Gasteiger partial charge is 0.486 e. The second-order valence-corrected chi connectivity index (χ2v) is 8.45. The predicted octanol–water partition coefficient (Wildman–Crippen LogP) is 4.59. The number of ether oxygens (including phenoxy) is 2. The van der Waals surface area contributed by atoms with Crippen LogP contribution in [-0.4, -0.2) is 42.0 Å². The maximum absolute atomic E-state index is 15.2. The third-order valence-corrected chi connectivity index (χ3v) is 6.13. The second kappa shape index (κ2) is 10.7. The predicted molar refractivity (Wildman–Crippen MR) is 133 cm³/mol. The van der Waals surface area contributed by atoms with Gasteiger partial charge >= 0.3 is 5.97 Å². The standard InChI is InChI=1S/C28H28FNO5/c1-17-6-7-19(15-30-24(16-31)28(32)33)14-21(17)9-8-20-4-3-5-22(18(20)2)23-10-11-25-27(26(23)29)35-13-12-34-25/h3-11,14,24,30-31H,12-13,15-16H2,1-2H3,(H,32,33)/b9-8+. The number of hydrogen-bond acceptors (Lipinski definition) is 5. The van der Waals surface area contributed by atoms with Crippen LogP contribution in [0.2, 0.25) is 0 Å². The first kappa shape index (κ1) is 24.4. The van der Waals surface area contributed by atoms with Gasteiger partial charge in [0.15, 0.2) is 17.3 Å². The van der Waals surface area contributed by atoms with Gasteiger partial charge in [-0.25, -0.2) is 4.39 Å². The Bertz CT molecular complexity index is 1270. The van der Waals surface area contributed by atoms with Gasteiger partial charge in [0.05, 0.1) is 6.61 Å². The Morgan fingerprint density at radius 3 is 2.60 bits per heavy atom. The van der Waals surface area contributed by atoms with Gasteiger partial charge in [0.25, 0.3) is 0 Å². The number of carboxylic acid groups (broad SMARTS) is 1. The zero-order chi connectivity index (χ0) is 24.9. The highest BCUT2D eigenvalue weighted by molar-refractivity contribution is 5.79. The first-order chi connectivity index (χ1) is 16.9. The SMILES string of the molecule is Cc1ccc(CNC(CO)C(=O)O)cc1/C=C/c1cccc(-c2ccc3c(c2F)OCCO3)c1C. The van der Waals surface area contributed by atoms with E-state index < -0.39 is 24.4 Å². The molecule has 4 rings (SSSR count). The summed E-state index contributed by atoms with van der Waals surface area (Å²) in [5.74, 6) is -0.944. The number of fused-ring (bicyclic) bond motifs is 1. The molecule has 0 spiro atoms. The lowest BCUT2D eigenvalue weighted by atomic mass is 9.94. The molecule has 0 amide bonds. The summed E-state index contributed by atoms with van der Waals surface area (Å²) < 4.78 is 26.2. The number of hydrogen-bond donors (Lipinski definition) is 3. The Balaban J connectivity index is 1.59. The van der Waals surface area contributed by atoms with Crippen LogP contribution in [0.5, 0.6) is 11.5 Å². The first-order valence-electron chi connectivity index (χ1n) is 11.4. The van der Waals surface area contributed by atoms with Gasteiger partial charge in [0, 0.05) is 12.1 Å². The summed E-state index contributed by atoms with van der Waals surface area (Å²) in [6.07, 6.45) is 3.98. The molecule has 0 saturated heterocycles. The Labute approximate surface area is 203 Å². The second-order valence-electron chi connectivity index (χ2n) is 8.45. The normalized spacial score (nSPS) is 13.7. The van der Waals surface area contributed by atoms with Gasteiger partial charge in [0.1, 0.15) is 19.3 Å². The van der Waals surface area contributed by atoms with Crippen LogP contribution in [-0.2, 0) is 11.3 Å². The summed E-state index contributed by atoms with van der Waals surface area (Å²) in [5.41, 5.74) is 6.07. The molecule has 0 aliphatic carbocycles. The number of aliphatic carboxylic acids is 1. The summed E-state index contributed by atoms with van der Waals surface area (Å²) in [6.45, 7) is 4.52. The number of aliphatic hydroxyl groups is 1. The number of carboxylic acids is 1. The average molecular weight is 478 g/mol. The number of carbonyl (C=O) groups is 1. The van der Waals surface area contributed by atoms with E-state index in [9.17, 15) is 9.90 Å². The molecule has 6 nitrogen and oxygen atoms in total. The van der Waals surface area contributed by atoms with E-state index in [0.717, 1.165) is 33.4 Å². The molecule has 1 unspecified atom stereocenters. The fourth-order valence-electron chi connectivity index (χ4n) is 4.05. The maximum atomic E-state index is 15.2. The third kappa shape index (κ3) is 5.37. The number of nitrogens with one attached hydrogen (secondary N) is 1. The summed E-state index contributed by atoms with van der Waals surface area (Å²) >= 11 is 0. The van der Waals surface area contributed by atoms with Crippen molar-refractivity contribution in [1.29, 1.82) is 0 Å². The molecule has 0 bridgehead atoms. The fourth-order valence-corrected chi connectivity index (χ4v) is 4.05. The lowest BCUT2D eigenvalue weighted by Crippen LogP contribution is -2.39. The zero-order valence-corrected chi connectivity index (χ0v) is 19.7. The van der Waals surface area contributed by atoms with Gasteiger partial charge in [-0.3, -0.25) is 10.1 Å². The van der Waals surface area contributed by atoms with E-state index in [1.54, 1.807) is 12.1 Å². The van der Waals surface area contributed by atoms with E-state index in [1.807, 2.05) is 62.4 Å². The van der Waals surface area contributed by atoms with Gasteiger partial charge in [0.2, 0.25) is 0 Å². The van der Waals surface area contributed by atoms with E-state index in [-0.39, 0.29) is 5.75 Å². The molecule has 0 radical (unpaired) electrons. The molecular formula is C28H28FNO5. The van der Waals surface area contributed by atoms with Crippen LogP contribution >= 0.6 is 0 Å². The minimum absolute atomic E-state index is 0.154. The molecule has 3 aromatic carbocycles. The average Bonchev–Trinajstić information content (AvgIpc) is 2.86. The third-order valence-electron chi connectivity index (χ3n) is 6.13. The molecule has 1 heterocycles. The van der Waals surface area contributed by atoms with Crippen molar-refractivity contribution < 1.29 is 28.9 Å². The lowest BCUT2D eigenvalue weighted by Gasteiger charge is -2.20. The topological polar surface area (TPSA) is 88.0 Å². The Hall–Kier alpha value is -3.68. The van der Waals surface area contributed by atoms with Crippen LogP contribution in [0.4, 0.5) is 4.39 Å². The van der Waals surface area contributed by atoms with Gasteiger partial charge in [-0.15, -0.1) is 0 Å². The molecule has 7 heteroatoms. The summed E-state index contributed by atoms with van der Waals surface area (Å²) in [5, 5.41) is 21.1. The van der Waals surface area contributed by atoms with Crippen molar-refractivity contribution in [1.82, 2.24) is 5.32 Å². The lowest BCUT2D eigenvalue weighted by molar-refractivity contribution is -0.140. The molecule has 3 aromatic rings. The van der Waals surface area contributed by atoms with E-state index in [2.05, 4.69) is 5.32 Å². The number of aryl methyl sites for hydroxylation is 1.